The van der Waals surface area contributed by atoms with Gasteiger partial charge in [-0.2, -0.15) is 0 Å². The zero-order valence-corrected chi connectivity index (χ0v) is 29.3. The molecule has 12 nitrogen and oxygen atoms in total. The number of carbonyl (C=O) groups excluding carboxylic acids is 3. The molecule has 13 heteroatoms. The molecule has 3 N–H and O–H groups in total. The largest absolute Gasteiger partial charge is 0.458 e. The maximum atomic E-state index is 13.5. The fourth-order valence-corrected chi connectivity index (χ4v) is 7.31. The number of unbranched alkanes of at least 4 members (excludes halogenated alkanes) is 1. The number of nitrogens with one attached hydrogen (secondary N) is 1. The van der Waals surface area contributed by atoms with Crippen molar-refractivity contribution in [1.82, 2.24) is 25.2 Å². The third kappa shape index (κ3) is 7.83. The third-order valence-electron chi connectivity index (χ3n) is 10.7. The second-order valence-electron chi connectivity index (χ2n) is 13.8. The Balaban J connectivity index is 1.51. The summed E-state index contributed by atoms with van der Waals surface area (Å²) in [4.78, 5) is 42.3. The van der Waals surface area contributed by atoms with E-state index in [4.69, 9.17) is 19.9 Å². The van der Waals surface area contributed by atoms with Crippen LogP contribution in [0.4, 0.5) is 10.5 Å². The highest BCUT2D eigenvalue weighted by Gasteiger charge is 2.58. The summed E-state index contributed by atoms with van der Waals surface area (Å²) in [6.07, 6.45) is 4.11. The second-order valence-corrected chi connectivity index (χ2v) is 13.8. The zero-order valence-electron chi connectivity index (χ0n) is 29.3. The van der Waals surface area contributed by atoms with Gasteiger partial charge in [-0.3, -0.25) is 19.2 Å². The highest BCUT2D eigenvalue weighted by Crippen LogP contribution is 2.40. The molecule has 2 aliphatic heterocycles. The number of rotatable bonds is 8. The Hall–Kier alpha value is -3.45. The van der Waals surface area contributed by atoms with E-state index < -0.39 is 47.2 Å². The molecule has 4 rings (SSSR count). The summed E-state index contributed by atoms with van der Waals surface area (Å²) >= 11 is 0. The Morgan fingerprint density at radius 3 is 2.55 bits per heavy atom. The van der Waals surface area contributed by atoms with Gasteiger partial charge in [0.15, 0.2) is 5.60 Å². The third-order valence-corrected chi connectivity index (χ3v) is 10.7. The summed E-state index contributed by atoms with van der Waals surface area (Å²) in [6, 6.07) is 6.93. The number of esters is 1. The van der Waals surface area contributed by atoms with Crippen LogP contribution in [-0.4, -0.2) is 95.2 Å². The minimum atomic E-state index is -1.13. The van der Waals surface area contributed by atoms with Gasteiger partial charge >= 0.3 is 12.1 Å². The van der Waals surface area contributed by atoms with Crippen LogP contribution in [0.5, 0.6) is 0 Å². The first-order valence-electron chi connectivity index (χ1n) is 17.0. The molecule has 2 aliphatic rings. The molecule has 47 heavy (non-hydrogen) atoms. The van der Waals surface area contributed by atoms with E-state index in [1.165, 1.54) is 0 Å². The number of nitrogens with two attached hydrogens (primary N) is 1. The normalized spacial score (nSPS) is 32.7. The molecule has 0 unspecified atom stereocenters. The molecule has 0 saturated carbocycles. The minimum Gasteiger partial charge on any atom is -0.458 e. The molecular formula is C34H53BN6O6. The van der Waals surface area contributed by atoms with Crippen molar-refractivity contribution in [2.24, 2.45) is 11.8 Å². The number of hydrogen-bond acceptors (Lipinski definition) is 10. The number of ketones is 1. The number of Topliss-reactive ketones (excluding diaryl/α,β-unsaturated/α-hetero) is 1. The standard InChI is InChI=1S/C34H53BN6O6/c1-8-27-34(6)30(23(4)37-16-12-15-33(5,45-7)29(35)21(2)28(42)22(3)31(43)46-27)41(32(44)47-34)18-10-9-17-40-20-26(38-39-40)24-13-11-14-25(36)19-24/h11,13-14,19-23,27,29-30,37H,8-10,12,15-18,35-36H2,1-7H3/t21-,22+,23-,27+,29+,30+,33+,34+/m0/s1. The molecule has 0 aliphatic carbocycles. The molecule has 0 radical (unpaired) electrons. The Labute approximate surface area is 279 Å². The first-order chi connectivity index (χ1) is 22.3. The lowest BCUT2D eigenvalue weighted by Crippen LogP contribution is -2.60. The molecule has 2 aromatic rings. The molecule has 2 fully saturated rings. The minimum absolute atomic E-state index is 0.116. The lowest BCUT2D eigenvalue weighted by molar-refractivity contribution is -0.170. The van der Waals surface area contributed by atoms with Crippen LogP contribution in [0.3, 0.4) is 0 Å². The Bertz CT molecular complexity index is 1410. The van der Waals surface area contributed by atoms with Gasteiger partial charge in [0.25, 0.3) is 0 Å². The van der Waals surface area contributed by atoms with Crippen molar-refractivity contribution in [2.45, 2.75) is 115 Å². The smallest absolute Gasteiger partial charge is 0.410 e. The SMILES string of the molecule is B[C@@H]1[C@@H](C)C(=O)[C@@H](C)C(=O)O[C@H](CC)[C@@]2(C)OC(=O)N(CCCCn3cc(-c4cccc(N)c4)nn3)[C@@H]2[C@H](C)NCCC[C@@]1(C)OC. The number of aromatic nitrogens is 3. The van der Waals surface area contributed by atoms with Crippen LogP contribution in [0.25, 0.3) is 11.3 Å². The predicted octanol–water partition coefficient (Wildman–Crippen LogP) is 3.65. The predicted molar refractivity (Wildman–Crippen MR) is 182 cm³/mol. The summed E-state index contributed by atoms with van der Waals surface area (Å²) in [5, 5.41) is 12.2. The van der Waals surface area contributed by atoms with Gasteiger partial charge in [0.1, 0.15) is 31.3 Å². The van der Waals surface area contributed by atoms with E-state index in [1.807, 2.05) is 72.9 Å². The number of nitrogens with zero attached hydrogens (tertiary/aromatic N) is 4. The summed E-state index contributed by atoms with van der Waals surface area (Å²) in [5.74, 6) is -2.27. The van der Waals surface area contributed by atoms with Crippen LogP contribution in [0, 0.1) is 11.8 Å². The van der Waals surface area contributed by atoms with Crippen LogP contribution in [0.15, 0.2) is 30.5 Å². The number of amides is 1. The van der Waals surface area contributed by atoms with Crippen LogP contribution in [0.1, 0.15) is 73.6 Å². The molecule has 1 aromatic carbocycles. The maximum Gasteiger partial charge on any atom is 0.410 e. The number of benzene rings is 1. The number of fused-ring (bicyclic) bond motifs is 1. The van der Waals surface area contributed by atoms with Crippen molar-refractivity contribution < 1.29 is 28.6 Å². The average molecular weight is 653 g/mol. The van der Waals surface area contributed by atoms with E-state index in [-0.39, 0.29) is 17.6 Å². The van der Waals surface area contributed by atoms with E-state index in [1.54, 1.807) is 23.6 Å². The lowest BCUT2D eigenvalue weighted by Gasteiger charge is -2.40. The molecule has 1 amide bonds. The molecule has 2 saturated heterocycles. The van der Waals surface area contributed by atoms with Gasteiger partial charge < -0.3 is 25.3 Å². The van der Waals surface area contributed by atoms with Crippen molar-refractivity contribution in [1.29, 1.82) is 0 Å². The summed E-state index contributed by atoms with van der Waals surface area (Å²) in [7, 11) is 3.69. The number of methoxy groups -OCH3 is 1. The van der Waals surface area contributed by atoms with Crippen molar-refractivity contribution in [3.8, 4) is 11.3 Å². The number of ether oxygens (including phenoxy) is 3. The molecule has 0 bridgehead atoms. The van der Waals surface area contributed by atoms with Gasteiger partial charge in [-0.25, -0.2) is 4.79 Å². The topological polar surface area (TPSA) is 151 Å². The summed E-state index contributed by atoms with van der Waals surface area (Å²) < 4.78 is 20.0. The molecule has 3 heterocycles. The van der Waals surface area contributed by atoms with Gasteiger partial charge in [0.2, 0.25) is 0 Å². The summed E-state index contributed by atoms with van der Waals surface area (Å²) in [6.45, 7) is 13.1. The van der Waals surface area contributed by atoms with Crippen LogP contribution < -0.4 is 11.1 Å². The van der Waals surface area contributed by atoms with Crippen LogP contribution in [-0.2, 0) is 30.3 Å². The summed E-state index contributed by atoms with van der Waals surface area (Å²) in [5.41, 5.74) is 6.56. The zero-order chi connectivity index (χ0) is 34.5. The lowest BCUT2D eigenvalue weighted by atomic mass is 9.63. The van der Waals surface area contributed by atoms with Gasteiger partial charge in [-0.05, 0) is 84.3 Å². The monoisotopic (exact) mass is 652 g/mol. The van der Waals surface area contributed by atoms with Gasteiger partial charge in [-0.15, -0.1) is 5.10 Å². The van der Waals surface area contributed by atoms with E-state index in [2.05, 4.69) is 15.6 Å². The molecule has 0 spiro atoms. The van der Waals surface area contributed by atoms with E-state index in [0.717, 1.165) is 30.5 Å². The van der Waals surface area contributed by atoms with Crippen molar-refractivity contribution in [2.75, 3.05) is 25.9 Å². The fourth-order valence-electron chi connectivity index (χ4n) is 7.31. The van der Waals surface area contributed by atoms with Crippen molar-refractivity contribution in [3.05, 3.63) is 30.5 Å². The number of carbonyl (C=O) groups is 3. The van der Waals surface area contributed by atoms with Crippen LogP contribution in [0.2, 0.25) is 5.82 Å². The Kier molecular flexibility index (Phi) is 11.8. The average Bonchev–Trinajstić information content (AvgIpc) is 3.63. The molecule has 8 atom stereocenters. The maximum absolute atomic E-state index is 13.5. The van der Waals surface area contributed by atoms with E-state index >= 15 is 0 Å². The molecule has 1 aromatic heterocycles. The Morgan fingerprint density at radius 1 is 1.15 bits per heavy atom. The van der Waals surface area contributed by atoms with Crippen molar-refractivity contribution >= 4 is 31.4 Å². The highest BCUT2D eigenvalue weighted by molar-refractivity contribution is 6.15. The number of hydrogen-bond donors (Lipinski definition) is 2. The van der Waals surface area contributed by atoms with Gasteiger partial charge in [0, 0.05) is 43.4 Å². The molecule has 258 valence electrons. The quantitative estimate of drug-likeness (QED) is 0.142. The first-order valence-corrected chi connectivity index (χ1v) is 17.0. The van der Waals surface area contributed by atoms with Gasteiger partial charge in [-0.1, -0.05) is 31.2 Å². The molecular weight excluding hydrogens is 599 g/mol. The number of aryl methyl sites for hydroxylation is 1. The Morgan fingerprint density at radius 2 is 1.87 bits per heavy atom. The number of nitrogen functional groups attached to an aromatic ring is 1. The second kappa shape index (κ2) is 15.2. The fraction of sp³-hybridized carbons (Fsp3) is 0.676. The van der Waals surface area contributed by atoms with E-state index in [0.29, 0.717) is 38.2 Å². The first kappa shape index (κ1) is 36.4. The van der Waals surface area contributed by atoms with E-state index in [9.17, 15) is 14.4 Å². The number of anilines is 1. The van der Waals surface area contributed by atoms with Crippen LogP contribution >= 0.6 is 0 Å². The van der Waals surface area contributed by atoms with Gasteiger partial charge in [0.05, 0.1) is 17.8 Å². The highest BCUT2D eigenvalue weighted by atomic mass is 16.6. The van der Waals surface area contributed by atoms with Crippen molar-refractivity contribution in [3.63, 3.8) is 0 Å². The number of cyclic esters (lactones) is 1.